The lowest BCUT2D eigenvalue weighted by Gasteiger charge is -2.11. The van der Waals surface area contributed by atoms with Crippen molar-refractivity contribution < 1.29 is 22.8 Å². The molecular formula is C16H13F3N2O2S. The molecule has 0 saturated heterocycles. The number of nitrogens with two attached hydrogens (primary N) is 1. The van der Waals surface area contributed by atoms with E-state index in [2.05, 4.69) is 5.32 Å². The highest BCUT2D eigenvalue weighted by Gasteiger charge is 2.30. The highest BCUT2D eigenvalue weighted by molar-refractivity contribution is 8.00. The molecule has 0 bridgehead atoms. The molecule has 2 rings (SSSR count). The number of halogens is 3. The van der Waals surface area contributed by atoms with E-state index in [-0.39, 0.29) is 11.3 Å². The second kappa shape index (κ2) is 7.39. The number of alkyl halides is 3. The molecule has 126 valence electrons. The van der Waals surface area contributed by atoms with Gasteiger partial charge in [-0.2, -0.15) is 13.2 Å². The number of hydrogen-bond acceptors (Lipinski definition) is 3. The second-order valence-electron chi connectivity index (χ2n) is 4.78. The van der Waals surface area contributed by atoms with E-state index in [1.807, 2.05) is 0 Å². The van der Waals surface area contributed by atoms with Gasteiger partial charge in [-0.15, -0.1) is 11.8 Å². The maximum atomic E-state index is 12.5. The monoisotopic (exact) mass is 354 g/mol. The smallest absolute Gasteiger partial charge is 0.369 e. The van der Waals surface area contributed by atoms with Crippen molar-refractivity contribution in [2.75, 3.05) is 11.1 Å². The van der Waals surface area contributed by atoms with Gasteiger partial charge in [-0.05, 0) is 36.4 Å². The van der Waals surface area contributed by atoms with Crippen LogP contribution in [-0.2, 0) is 11.0 Å². The summed E-state index contributed by atoms with van der Waals surface area (Å²) in [4.78, 5) is 23.7. The van der Waals surface area contributed by atoms with Crippen molar-refractivity contribution in [1.29, 1.82) is 0 Å². The predicted molar refractivity (Wildman–Crippen MR) is 85.8 cm³/mol. The molecule has 0 aliphatic rings. The standard InChI is InChI=1S/C16H13F3N2O2S/c17-16(18,19)11-7-5-10(6-8-11)15(23)21-12-3-1-2-4-13(12)24-9-14(20)22/h1-8H,9H2,(H2,20,22)(H,21,23). The van der Waals surface area contributed by atoms with Gasteiger partial charge in [0, 0.05) is 10.5 Å². The number of carbonyl (C=O) groups is 2. The van der Waals surface area contributed by atoms with Crippen LogP contribution in [0.15, 0.2) is 53.4 Å². The molecule has 0 aliphatic heterocycles. The third-order valence-electron chi connectivity index (χ3n) is 2.98. The van der Waals surface area contributed by atoms with Crippen LogP contribution in [0, 0.1) is 0 Å². The first-order valence-electron chi connectivity index (χ1n) is 6.76. The Morgan fingerprint density at radius 3 is 2.25 bits per heavy atom. The Labute approximate surface area is 140 Å². The fraction of sp³-hybridized carbons (Fsp3) is 0.125. The molecule has 24 heavy (non-hydrogen) atoms. The molecule has 8 heteroatoms. The normalized spacial score (nSPS) is 11.1. The number of thioether (sulfide) groups is 1. The average Bonchev–Trinajstić information content (AvgIpc) is 2.53. The fourth-order valence-corrected chi connectivity index (χ4v) is 2.60. The third-order valence-corrected chi connectivity index (χ3v) is 4.08. The first-order chi connectivity index (χ1) is 11.3. The van der Waals surface area contributed by atoms with E-state index in [1.165, 1.54) is 0 Å². The maximum Gasteiger partial charge on any atom is 0.416 e. The van der Waals surface area contributed by atoms with Gasteiger partial charge in [0.1, 0.15) is 0 Å². The Hall–Kier alpha value is -2.48. The molecule has 0 saturated carbocycles. The lowest BCUT2D eigenvalue weighted by molar-refractivity contribution is -0.137. The lowest BCUT2D eigenvalue weighted by atomic mass is 10.1. The molecule has 0 radical (unpaired) electrons. The zero-order valence-corrected chi connectivity index (χ0v) is 13.1. The Bertz CT molecular complexity index is 746. The van der Waals surface area contributed by atoms with Crippen LogP contribution >= 0.6 is 11.8 Å². The minimum absolute atomic E-state index is 0.0488. The number of amides is 2. The first-order valence-corrected chi connectivity index (χ1v) is 7.74. The van der Waals surface area contributed by atoms with Crippen LogP contribution in [0.25, 0.3) is 0 Å². The summed E-state index contributed by atoms with van der Waals surface area (Å²) in [5.74, 6) is -0.993. The zero-order valence-electron chi connectivity index (χ0n) is 12.3. The van der Waals surface area contributed by atoms with Crippen LogP contribution < -0.4 is 11.1 Å². The molecule has 0 fully saturated rings. The molecule has 0 heterocycles. The number of rotatable bonds is 5. The summed E-state index contributed by atoms with van der Waals surface area (Å²) in [6.45, 7) is 0. The minimum Gasteiger partial charge on any atom is -0.369 e. The summed E-state index contributed by atoms with van der Waals surface area (Å²) in [6, 6.07) is 10.7. The summed E-state index contributed by atoms with van der Waals surface area (Å²) >= 11 is 1.16. The quantitative estimate of drug-likeness (QED) is 0.807. The number of primary amides is 1. The van der Waals surface area contributed by atoms with Crippen LogP contribution in [0.1, 0.15) is 15.9 Å². The Morgan fingerprint density at radius 2 is 1.67 bits per heavy atom. The second-order valence-corrected chi connectivity index (χ2v) is 5.80. The number of benzene rings is 2. The highest BCUT2D eigenvalue weighted by atomic mass is 32.2. The molecule has 0 atom stereocenters. The number of anilines is 1. The molecule has 2 amide bonds. The van der Waals surface area contributed by atoms with Crippen molar-refractivity contribution in [3.8, 4) is 0 Å². The molecule has 0 aliphatic carbocycles. The summed E-state index contributed by atoms with van der Waals surface area (Å²) in [5, 5.41) is 2.62. The zero-order chi connectivity index (χ0) is 17.7. The van der Waals surface area contributed by atoms with Gasteiger partial charge in [0.25, 0.3) is 5.91 Å². The van der Waals surface area contributed by atoms with Crippen molar-refractivity contribution >= 4 is 29.3 Å². The number of hydrogen-bond donors (Lipinski definition) is 2. The first kappa shape index (κ1) is 17.9. The highest BCUT2D eigenvalue weighted by Crippen LogP contribution is 2.30. The minimum atomic E-state index is -4.45. The summed E-state index contributed by atoms with van der Waals surface area (Å²) in [6.07, 6.45) is -4.45. The topological polar surface area (TPSA) is 72.2 Å². The summed E-state index contributed by atoms with van der Waals surface area (Å²) in [5.41, 5.74) is 4.82. The van der Waals surface area contributed by atoms with E-state index >= 15 is 0 Å². The van der Waals surface area contributed by atoms with Crippen LogP contribution in [0.4, 0.5) is 18.9 Å². The summed E-state index contributed by atoms with van der Waals surface area (Å²) in [7, 11) is 0. The molecule has 0 aromatic heterocycles. The van der Waals surface area contributed by atoms with Crippen molar-refractivity contribution in [2.45, 2.75) is 11.1 Å². The average molecular weight is 354 g/mol. The van der Waals surface area contributed by atoms with E-state index in [0.717, 1.165) is 36.0 Å². The predicted octanol–water partition coefficient (Wildman–Crippen LogP) is 3.54. The third kappa shape index (κ3) is 4.76. The Morgan fingerprint density at radius 1 is 1.04 bits per heavy atom. The van der Waals surface area contributed by atoms with Gasteiger partial charge in [0.2, 0.25) is 5.91 Å². The molecule has 0 unspecified atom stereocenters. The van der Waals surface area contributed by atoms with Crippen molar-refractivity contribution in [1.82, 2.24) is 0 Å². The summed E-state index contributed by atoms with van der Waals surface area (Å²) < 4.78 is 37.6. The molecule has 0 spiro atoms. The van der Waals surface area contributed by atoms with Gasteiger partial charge in [-0.3, -0.25) is 9.59 Å². The SMILES string of the molecule is NC(=O)CSc1ccccc1NC(=O)c1ccc(C(F)(F)F)cc1. The number of para-hydroxylation sites is 1. The van der Waals surface area contributed by atoms with Gasteiger partial charge in [-0.25, -0.2) is 0 Å². The number of nitrogens with one attached hydrogen (secondary N) is 1. The van der Waals surface area contributed by atoms with Gasteiger partial charge in [-0.1, -0.05) is 12.1 Å². The molecule has 2 aromatic rings. The Balaban J connectivity index is 2.13. The van der Waals surface area contributed by atoms with Gasteiger partial charge in [0.05, 0.1) is 17.0 Å². The van der Waals surface area contributed by atoms with Crippen molar-refractivity contribution in [3.63, 3.8) is 0 Å². The van der Waals surface area contributed by atoms with Crippen LogP contribution in [0.3, 0.4) is 0 Å². The van der Waals surface area contributed by atoms with Gasteiger partial charge >= 0.3 is 6.18 Å². The van der Waals surface area contributed by atoms with E-state index < -0.39 is 23.6 Å². The van der Waals surface area contributed by atoms with Gasteiger partial charge in [0.15, 0.2) is 0 Å². The van der Waals surface area contributed by atoms with Gasteiger partial charge < -0.3 is 11.1 Å². The Kier molecular flexibility index (Phi) is 5.50. The fourth-order valence-electron chi connectivity index (χ4n) is 1.85. The van der Waals surface area contributed by atoms with E-state index in [4.69, 9.17) is 5.73 Å². The molecule has 2 aromatic carbocycles. The largest absolute Gasteiger partial charge is 0.416 e. The molecule has 3 N–H and O–H groups in total. The van der Waals surface area contributed by atoms with E-state index in [1.54, 1.807) is 24.3 Å². The van der Waals surface area contributed by atoms with E-state index in [9.17, 15) is 22.8 Å². The molecular weight excluding hydrogens is 341 g/mol. The maximum absolute atomic E-state index is 12.5. The molecule has 4 nitrogen and oxygen atoms in total. The van der Waals surface area contributed by atoms with Crippen molar-refractivity contribution in [2.24, 2.45) is 5.73 Å². The van der Waals surface area contributed by atoms with Crippen LogP contribution in [0.5, 0.6) is 0 Å². The lowest BCUT2D eigenvalue weighted by Crippen LogP contribution is -2.15. The van der Waals surface area contributed by atoms with E-state index in [0.29, 0.717) is 10.6 Å². The van der Waals surface area contributed by atoms with Crippen molar-refractivity contribution in [3.05, 3.63) is 59.7 Å². The van der Waals surface area contributed by atoms with Crippen LogP contribution in [0.2, 0.25) is 0 Å². The number of carbonyl (C=O) groups excluding carboxylic acids is 2. The van der Waals surface area contributed by atoms with Crippen LogP contribution in [-0.4, -0.2) is 17.6 Å².